The second kappa shape index (κ2) is 5.69. The number of hydrogen-bond donors (Lipinski definition) is 2. The van der Waals surface area contributed by atoms with Crippen molar-refractivity contribution in [2.75, 3.05) is 11.9 Å². The van der Waals surface area contributed by atoms with Gasteiger partial charge >= 0.3 is 5.97 Å². The van der Waals surface area contributed by atoms with Crippen molar-refractivity contribution in [2.24, 2.45) is 0 Å². The molecule has 0 aliphatic carbocycles. The summed E-state index contributed by atoms with van der Waals surface area (Å²) in [5.41, 5.74) is 3.29. The molecule has 0 saturated carbocycles. The number of nitrogens with one attached hydrogen (secondary N) is 1. The number of carboxylic acids is 1. The van der Waals surface area contributed by atoms with Crippen molar-refractivity contribution >= 4 is 23.0 Å². The second-order valence-corrected chi connectivity index (χ2v) is 4.89. The number of para-hydroxylation sites is 1. The minimum Gasteiger partial charge on any atom is -0.478 e. The average molecular weight is 261 g/mol. The topological polar surface area (TPSA) is 49.3 Å². The molecule has 0 unspecified atom stereocenters. The van der Waals surface area contributed by atoms with E-state index in [4.69, 9.17) is 5.11 Å². The number of anilines is 1. The van der Waals surface area contributed by atoms with Crippen LogP contribution in [0.5, 0.6) is 0 Å². The van der Waals surface area contributed by atoms with Crippen LogP contribution in [-0.2, 0) is 6.42 Å². The normalized spacial score (nSPS) is 10.3. The average Bonchev–Trinajstić information content (AvgIpc) is 2.84. The van der Waals surface area contributed by atoms with Crippen molar-refractivity contribution in [2.45, 2.75) is 13.3 Å². The van der Waals surface area contributed by atoms with E-state index in [-0.39, 0.29) is 0 Å². The Morgan fingerprint density at radius 2 is 2.22 bits per heavy atom. The van der Waals surface area contributed by atoms with Gasteiger partial charge in [-0.25, -0.2) is 4.79 Å². The summed E-state index contributed by atoms with van der Waals surface area (Å²) < 4.78 is 0. The van der Waals surface area contributed by atoms with Crippen LogP contribution < -0.4 is 5.32 Å². The molecular formula is C14H15NO2S. The van der Waals surface area contributed by atoms with Gasteiger partial charge in [0.1, 0.15) is 0 Å². The first-order chi connectivity index (χ1) is 8.68. The Morgan fingerprint density at radius 3 is 2.89 bits per heavy atom. The molecule has 1 aromatic heterocycles. The Balaban J connectivity index is 2.06. The molecule has 2 rings (SSSR count). The third kappa shape index (κ3) is 2.90. The number of rotatable bonds is 5. The summed E-state index contributed by atoms with van der Waals surface area (Å²) in [7, 11) is 0. The van der Waals surface area contributed by atoms with Crippen LogP contribution in [0.4, 0.5) is 5.69 Å². The SMILES string of the molecule is Cc1cccc(C(=O)O)c1NCCc1ccsc1. The van der Waals surface area contributed by atoms with Crippen molar-refractivity contribution in [3.8, 4) is 0 Å². The van der Waals surface area contributed by atoms with Gasteiger partial charge in [0.25, 0.3) is 0 Å². The maximum atomic E-state index is 11.1. The fourth-order valence-electron chi connectivity index (χ4n) is 1.85. The molecule has 1 aromatic carbocycles. The lowest BCUT2D eigenvalue weighted by Gasteiger charge is -2.12. The van der Waals surface area contributed by atoms with E-state index in [9.17, 15) is 4.79 Å². The van der Waals surface area contributed by atoms with Crippen LogP contribution in [0.15, 0.2) is 35.0 Å². The fourth-order valence-corrected chi connectivity index (χ4v) is 2.55. The highest BCUT2D eigenvalue weighted by Crippen LogP contribution is 2.20. The molecule has 94 valence electrons. The zero-order chi connectivity index (χ0) is 13.0. The summed E-state index contributed by atoms with van der Waals surface area (Å²) in [5, 5.41) is 16.5. The number of hydrogen-bond acceptors (Lipinski definition) is 3. The number of thiophene rings is 1. The van der Waals surface area contributed by atoms with Gasteiger partial charge in [0.15, 0.2) is 0 Å². The summed E-state index contributed by atoms with van der Waals surface area (Å²) in [5.74, 6) is -0.892. The smallest absolute Gasteiger partial charge is 0.337 e. The molecule has 3 nitrogen and oxygen atoms in total. The molecule has 0 atom stereocenters. The van der Waals surface area contributed by atoms with E-state index in [0.717, 1.165) is 24.2 Å². The number of carbonyl (C=O) groups is 1. The monoisotopic (exact) mass is 261 g/mol. The number of aromatic carboxylic acids is 1. The van der Waals surface area contributed by atoms with Gasteiger partial charge in [0.2, 0.25) is 0 Å². The first-order valence-electron chi connectivity index (χ1n) is 5.76. The summed E-state index contributed by atoms with van der Waals surface area (Å²) in [4.78, 5) is 11.1. The van der Waals surface area contributed by atoms with E-state index in [1.54, 1.807) is 23.5 Å². The minimum absolute atomic E-state index is 0.334. The standard InChI is InChI=1S/C14H15NO2S/c1-10-3-2-4-12(14(16)17)13(10)15-7-5-11-6-8-18-9-11/h2-4,6,8-9,15H,5,7H2,1H3,(H,16,17). The van der Waals surface area contributed by atoms with Crippen LogP contribution in [0.1, 0.15) is 21.5 Å². The summed E-state index contributed by atoms with van der Waals surface area (Å²) in [6.07, 6.45) is 0.900. The summed E-state index contributed by atoms with van der Waals surface area (Å²) >= 11 is 1.68. The second-order valence-electron chi connectivity index (χ2n) is 4.11. The molecular weight excluding hydrogens is 246 g/mol. The molecule has 1 heterocycles. The van der Waals surface area contributed by atoms with Crippen LogP contribution in [0, 0.1) is 6.92 Å². The van der Waals surface area contributed by atoms with E-state index in [1.807, 2.05) is 18.4 Å². The molecule has 18 heavy (non-hydrogen) atoms. The largest absolute Gasteiger partial charge is 0.478 e. The highest BCUT2D eigenvalue weighted by molar-refractivity contribution is 7.07. The lowest BCUT2D eigenvalue weighted by Crippen LogP contribution is -2.10. The Bertz CT molecular complexity index is 535. The van der Waals surface area contributed by atoms with Crippen LogP contribution in [0.25, 0.3) is 0 Å². The van der Waals surface area contributed by atoms with Crippen LogP contribution >= 0.6 is 11.3 Å². The van der Waals surface area contributed by atoms with E-state index < -0.39 is 5.97 Å². The molecule has 2 aromatic rings. The van der Waals surface area contributed by atoms with E-state index in [1.165, 1.54) is 5.56 Å². The fraction of sp³-hybridized carbons (Fsp3) is 0.214. The zero-order valence-corrected chi connectivity index (χ0v) is 11.0. The minimum atomic E-state index is -0.892. The number of benzene rings is 1. The van der Waals surface area contributed by atoms with E-state index in [2.05, 4.69) is 16.8 Å². The van der Waals surface area contributed by atoms with Gasteiger partial charge in [0.05, 0.1) is 11.3 Å². The van der Waals surface area contributed by atoms with Gasteiger partial charge in [-0.3, -0.25) is 0 Å². The number of carboxylic acid groups (broad SMARTS) is 1. The number of aryl methyl sites for hydroxylation is 1. The molecule has 0 saturated heterocycles. The van der Waals surface area contributed by atoms with Gasteiger partial charge in [-0.2, -0.15) is 11.3 Å². The molecule has 0 radical (unpaired) electrons. The maximum Gasteiger partial charge on any atom is 0.337 e. The Labute approximate surface area is 110 Å². The molecule has 0 aliphatic rings. The first kappa shape index (κ1) is 12.6. The van der Waals surface area contributed by atoms with Gasteiger partial charge in [-0.1, -0.05) is 12.1 Å². The van der Waals surface area contributed by atoms with E-state index in [0.29, 0.717) is 5.56 Å². The third-order valence-electron chi connectivity index (χ3n) is 2.80. The van der Waals surface area contributed by atoms with Crippen LogP contribution in [0.3, 0.4) is 0 Å². The van der Waals surface area contributed by atoms with Crippen molar-refractivity contribution < 1.29 is 9.90 Å². The van der Waals surface area contributed by atoms with Gasteiger partial charge in [-0.15, -0.1) is 0 Å². The highest BCUT2D eigenvalue weighted by atomic mass is 32.1. The molecule has 0 amide bonds. The molecule has 0 fully saturated rings. The molecule has 0 spiro atoms. The Morgan fingerprint density at radius 1 is 1.39 bits per heavy atom. The van der Waals surface area contributed by atoms with Crippen LogP contribution in [0.2, 0.25) is 0 Å². The Hall–Kier alpha value is -1.81. The Kier molecular flexibility index (Phi) is 3.99. The molecule has 0 aliphatic heterocycles. The van der Waals surface area contributed by atoms with Crippen LogP contribution in [-0.4, -0.2) is 17.6 Å². The lowest BCUT2D eigenvalue weighted by molar-refractivity contribution is 0.0698. The van der Waals surface area contributed by atoms with Crippen molar-refractivity contribution in [3.63, 3.8) is 0 Å². The highest BCUT2D eigenvalue weighted by Gasteiger charge is 2.11. The van der Waals surface area contributed by atoms with Crippen molar-refractivity contribution in [1.29, 1.82) is 0 Å². The van der Waals surface area contributed by atoms with Gasteiger partial charge < -0.3 is 10.4 Å². The lowest BCUT2D eigenvalue weighted by atomic mass is 10.1. The van der Waals surface area contributed by atoms with Gasteiger partial charge in [0, 0.05) is 6.54 Å². The quantitative estimate of drug-likeness (QED) is 0.867. The van der Waals surface area contributed by atoms with Gasteiger partial charge in [-0.05, 0) is 47.4 Å². The predicted molar refractivity (Wildman–Crippen MR) is 74.7 cm³/mol. The molecule has 0 bridgehead atoms. The maximum absolute atomic E-state index is 11.1. The zero-order valence-electron chi connectivity index (χ0n) is 10.1. The third-order valence-corrected chi connectivity index (χ3v) is 3.53. The van der Waals surface area contributed by atoms with Crippen molar-refractivity contribution in [3.05, 3.63) is 51.7 Å². The summed E-state index contributed by atoms with van der Waals surface area (Å²) in [6, 6.07) is 7.40. The molecule has 4 heteroatoms. The first-order valence-corrected chi connectivity index (χ1v) is 6.70. The summed E-state index contributed by atoms with van der Waals surface area (Å²) in [6.45, 7) is 2.65. The van der Waals surface area contributed by atoms with E-state index >= 15 is 0 Å². The molecule has 2 N–H and O–H groups in total. The van der Waals surface area contributed by atoms with Crippen molar-refractivity contribution in [1.82, 2.24) is 0 Å². The predicted octanol–water partition coefficient (Wildman–Crippen LogP) is 3.41.